The van der Waals surface area contributed by atoms with Crippen molar-refractivity contribution in [2.45, 2.75) is 13.3 Å². The zero-order chi connectivity index (χ0) is 11.8. The summed E-state index contributed by atoms with van der Waals surface area (Å²) in [6.45, 7) is 2.50. The molecule has 3 nitrogen and oxygen atoms in total. The van der Waals surface area contributed by atoms with Crippen molar-refractivity contribution in [2.24, 2.45) is 0 Å². The van der Waals surface area contributed by atoms with E-state index in [1.54, 1.807) is 25.3 Å². The highest BCUT2D eigenvalue weighted by molar-refractivity contribution is 6.09. The highest BCUT2D eigenvalue weighted by atomic mass is 16.5. The van der Waals surface area contributed by atoms with Crippen molar-refractivity contribution in [2.75, 3.05) is 6.61 Å². The minimum atomic E-state index is 0.00551. The molecule has 0 atom stereocenters. The van der Waals surface area contributed by atoms with Gasteiger partial charge in [0.25, 0.3) is 0 Å². The second-order valence-corrected chi connectivity index (χ2v) is 4.14. The van der Waals surface area contributed by atoms with Gasteiger partial charge in [-0.15, -0.1) is 0 Å². The number of benzene rings is 1. The van der Waals surface area contributed by atoms with Gasteiger partial charge in [-0.3, -0.25) is 4.79 Å². The topological polar surface area (TPSA) is 39.4 Å². The summed E-state index contributed by atoms with van der Waals surface area (Å²) in [5, 5.41) is 0. The standard InChI is InChI=1S/C14H12O3/c1-9-12(5-7-16-9)14(15)11-2-3-13-10(8-11)4-6-17-13/h2-3,5,7-8H,4,6H2,1H3. The summed E-state index contributed by atoms with van der Waals surface area (Å²) in [5.74, 6) is 1.56. The molecule has 2 aromatic rings. The van der Waals surface area contributed by atoms with Crippen LogP contribution in [0.25, 0.3) is 0 Å². The molecule has 86 valence electrons. The van der Waals surface area contributed by atoms with Gasteiger partial charge in [0.15, 0.2) is 5.78 Å². The Labute approximate surface area is 99.0 Å². The fraction of sp³-hybridized carbons (Fsp3) is 0.214. The number of ether oxygens (including phenoxy) is 1. The summed E-state index contributed by atoms with van der Waals surface area (Å²) in [6.07, 6.45) is 2.42. The van der Waals surface area contributed by atoms with Crippen molar-refractivity contribution in [3.63, 3.8) is 0 Å². The average molecular weight is 228 g/mol. The maximum absolute atomic E-state index is 12.2. The molecule has 0 amide bonds. The first-order valence-corrected chi connectivity index (χ1v) is 5.60. The maximum atomic E-state index is 12.2. The van der Waals surface area contributed by atoms with E-state index >= 15 is 0 Å². The Hall–Kier alpha value is -2.03. The Balaban J connectivity index is 2.00. The third-order valence-corrected chi connectivity index (χ3v) is 3.06. The van der Waals surface area contributed by atoms with Crippen molar-refractivity contribution in [3.05, 3.63) is 53.0 Å². The fourth-order valence-corrected chi connectivity index (χ4v) is 2.10. The molecule has 0 spiro atoms. The molecule has 0 unspecified atom stereocenters. The van der Waals surface area contributed by atoms with Crippen molar-refractivity contribution in [3.8, 4) is 5.75 Å². The van der Waals surface area contributed by atoms with Crippen LogP contribution >= 0.6 is 0 Å². The smallest absolute Gasteiger partial charge is 0.196 e. The van der Waals surface area contributed by atoms with E-state index in [9.17, 15) is 4.79 Å². The van der Waals surface area contributed by atoms with Crippen LogP contribution in [0.5, 0.6) is 5.75 Å². The van der Waals surface area contributed by atoms with E-state index < -0.39 is 0 Å². The van der Waals surface area contributed by atoms with Crippen molar-refractivity contribution < 1.29 is 13.9 Å². The van der Waals surface area contributed by atoms with Gasteiger partial charge in [0.05, 0.1) is 18.4 Å². The van der Waals surface area contributed by atoms with Gasteiger partial charge < -0.3 is 9.15 Å². The van der Waals surface area contributed by atoms with Crippen molar-refractivity contribution in [1.29, 1.82) is 0 Å². The molecule has 0 fully saturated rings. The van der Waals surface area contributed by atoms with Gasteiger partial charge in [-0.25, -0.2) is 0 Å². The average Bonchev–Trinajstić information content (AvgIpc) is 2.95. The van der Waals surface area contributed by atoms with Crippen molar-refractivity contribution >= 4 is 5.78 Å². The number of carbonyl (C=O) groups is 1. The predicted molar refractivity (Wildman–Crippen MR) is 62.5 cm³/mol. The van der Waals surface area contributed by atoms with Crippen LogP contribution in [0.2, 0.25) is 0 Å². The summed E-state index contributed by atoms with van der Waals surface area (Å²) >= 11 is 0. The molecule has 0 saturated carbocycles. The van der Waals surface area contributed by atoms with Crippen molar-refractivity contribution in [1.82, 2.24) is 0 Å². The molecule has 0 bridgehead atoms. The highest BCUT2D eigenvalue weighted by Crippen LogP contribution is 2.27. The quantitative estimate of drug-likeness (QED) is 0.742. The van der Waals surface area contributed by atoms with Gasteiger partial charge >= 0.3 is 0 Å². The molecule has 1 aromatic carbocycles. The molecule has 1 aliphatic heterocycles. The Kier molecular flexibility index (Phi) is 2.25. The van der Waals surface area contributed by atoms with Gasteiger partial charge in [-0.1, -0.05) is 0 Å². The summed E-state index contributed by atoms with van der Waals surface area (Å²) in [5.41, 5.74) is 2.43. The molecule has 17 heavy (non-hydrogen) atoms. The molecule has 1 aromatic heterocycles. The molecule has 0 radical (unpaired) electrons. The monoisotopic (exact) mass is 228 g/mol. The molecule has 3 heteroatoms. The van der Waals surface area contributed by atoms with Gasteiger partial charge in [0.1, 0.15) is 11.5 Å². The van der Waals surface area contributed by atoms with Crippen LogP contribution in [0.15, 0.2) is 34.9 Å². The lowest BCUT2D eigenvalue weighted by atomic mass is 10.0. The summed E-state index contributed by atoms with van der Waals surface area (Å²) in [6, 6.07) is 7.29. The van der Waals surface area contributed by atoms with Crippen LogP contribution in [0.3, 0.4) is 0 Å². The Morgan fingerprint density at radius 2 is 2.18 bits per heavy atom. The molecule has 0 N–H and O–H groups in total. The minimum Gasteiger partial charge on any atom is -0.493 e. The van der Waals surface area contributed by atoms with Crippen LogP contribution in [0.1, 0.15) is 27.2 Å². The normalized spacial score (nSPS) is 13.2. The lowest BCUT2D eigenvalue weighted by Crippen LogP contribution is -2.01. The van der Waals surface area contributed by atoms with E-state index in [2.05, 4.69) is 0 Å². The van der Waals surface area contributed by atoms with E-state index in [4.69, 9.17) is 9.15 Å². The summed E-state index contributed by atoms with van der Waals surface area (Å²) < 4.78 is 10.6. The number of hydrogen-bond donors (Lipinski definition) is 0. The molecule has 3 rings (SSSR count). The fourth-order valence-electron chi connectivity index (χ4n) is 2.10. The summed E-state index contributed by atoms with van der Waals surface area (Å²) in [7, 11) is 0. The number of carbonyl (C=O) groups excluding carboxylic acids is 1. The SMILES string of the molecule is Cc1occc1C(=O)c1ccc2c(c1)CCO2. The first-order valence-electron chi connectivity index (χ1n) is 5.60. The molecule has 0 aliphatic carbocycles. The lowest BCUT2D eigenvalue weighted by molar-refractivity contribution is 0.103. The molecule has 1 aliphatic rings. The van der Waals surface area contributed by atoms with E-state index in [1.165, 1.54) is 0 Å². The largest absolute Gasteiger partial charge is 0.493 e. The van der Waals surface area contributed by atoms with Crippen LogP contribution in [0.4, 0.5) is 0 Å². The van der Waals surface area contributed by atoms with E-state index in [-0.39, 0.29) is 5.78 Å². The number of rotatable bonds is 2. The Morgan fingerprint density at radius 1 is 1.29 bits per heavy atom. The minimum absolute atomic E-state index is 0.00551. The molecular formula is C14H12O3. The maximum Gasteiger partial charge on any atom is 0.196 e. The van der Waals surface area contributed by atoms with Gasteiger partial charge in [0.2, 0.25) is 0 Å². The van der Waals surface area contributed by atoms with Gasteiger partial charge in [-0.05, 0) is 36.8 Å². The predicted octanol–water partition coefficient (Wildman–Crippen LogP) is 2.75. The number of fused-ring (bicyclic) bond motifs is 1. The third-order valence-electron chi connectivity index (χ3n) is 3.06. The first-order chi connectivity index (χ1) is 8.25. The Morgan fingerprint density at radius 3 is 2.94 bits per heavy atom. The first kappa shape index (κ1) is 10.1. The number of hydrogen-bond acceptors (Lipinski definition) is 3. The van der Waals surface area contributed by atoms with Crippen LogP contribution in [-0.2, 0) is 6.42 Å². The lowest BCUT2D eigenvalue weighted by Gasteiger charge is -2.02. The molecule has 0 saturated heterocycles. The summed E-state index contributed by atoms with van der Waals surface area (Å²) in [4.78, 5) is 12.2. The molecule has 2 heterocycles. The zero-order valence-corrected chi connectivity index (χ0v) is 9.53. The second-order valence-electron chi connectivity index (χ2n) is 4.14. The van der Waals surface area contributed by atoms with E-state index in [0.29, 0.717) is 23.5 Å². The van der Waals surface area contributed by atoms with Crippen LogP contribution in [-0.4, -0.2) is 12.4 Å². The number of aryl methyl sites for hydroxylation is 1. The van der Waals surface area contributed by atoms with Gasteiger partial charge in [0, 0.05) is 12.0 Å². The van der Waals surface area contributed by atoms with E-state index in [1.807, 2.05) is 12.1 Å². The number of ketones is 1. The van der Waals surface area contributed by atoms with Gasteiger partial charge in [-0.2, -0.15) is 0 Å². The second kappa shape index (κ2) is 3.77. The Bertz CT molecular complexity index is 581. The zero-order valence-electron chi connectivity index (χ0n) is 9.53. The van der Waals surface area contributed by atoms with Crippen LogP contribution < -0.4 is 4.74 Å². The third kappa shape index (κ3) is 1.64. The van der Waals surface area contributed by atoms with Crippen LogP contribution in [0, 0.1) is 6.92 Å². The molecular weight excluding hydrogens is 216 g/mol. The number of furan rings is 1. The van der Waals surface area contributed by atoms with E-state index in [0.717, 1.165) is 17.7 Å². The highest BCUT2D eigenvalue weighted by Gasteiger charge is 2.18.